The Morgan fingerprint density at radius 1 is 1.07 bits per heavy atom. The number of rotatable bonds is 4. The number of nitrogens with zero attached hydrogens (tertiary/aromatic N) is 3. The van der Waals surface area contributed by atoms with E-state index < -0.39 is 5.97 Å². The van der Waals surface area contributed by atoms with E-state index in [1.54, 1.807) is 12.1 Å². The first-order valence-electron chi connectivity index (χ1n) is 9.67. The first-order chi connectivity index (χ1) is 13.9. The summed E-state index contributed by atoms with van der Waals surface area (Å²) >= 11 is 0. The Hall–Kier alpha value is -3.41. The second kappa shape index (κ2) is 7.54. The van der Waals surface area contributed by atoms with Gasteiger partial charge in [-0.3, -0.25) is 4.79 Å². The van der Waals surface area contributed by atoms with Crippen LogP contribution in [-0.4, -0.2) is 38.2 Å². The molecule has 2 aromatic carbocycles. The maximum absolute atomic E-state index is 13.0. The van der Waals surface area contributed by atoms with Crippen LogP contribution in [0.25, 0.3) is 5.69 Å². The molecule has 0 unspecified atom stereocenters. The molecule has 1 aliphatic rings. The van der Waals surface area contributed by atoms with Crippen molar-refractivity contribution in [1.82, 2.24) is 14.7 Å². The molecule has 4 rings (SSSR count). The van der Waals surface area contributed by atoms with Gasteiger partial charge < -0.3 is 10.0 Å². The van der Waals surface area contributed by atoms with Crippen molar-refractivity contribution in [2.45, 2.75) is 33.2 Å². The van der Waals surface area contributed by atoms with Gasteiger partial charge in [-0.05, 0) is 55.7 Å². The number of amides is 1. The van der Waals surface area contributed by atoms with E-state index in [1.807, 2.05) is 59.8 Å². The molecule has 1 aliphatic heterocycles. The number of carboxylic acid groups (broad SMARTS) is 1. The van der Waals surface area contributed by atoms with Crippen molar-refractivity contribution in [3.05, 3.63) is 82.2 Å². The molecule has 0 aliphatic carbocycles. The third kappa shape index (κ3) is 3.66. The van der Waals surface area contributed by atoms with E-state index in [9.17, 15) is 14.7 Å². The standard InChI is InChI=1S/C23H23N3O3/c1-15-21(16(2)26(24-15)20-6-4-3-5-7-20)13-22(27)25-11-10-17-8-9-18(23(28)29)12-19(17)14-25/h3-9,12H,10-11,13-14H2,1-2H3,(H,28,29). The van der Waals surface area contributed by atoms with Crippen LogP contribution in [0.4, 0.5) is 0 Å². The van der Waals surface area contributed by atoms with Crippen LogP contribution >= 0.6 is 0 Å². The zero-order valence-corrected chi connectivity index (χ0v) is 16.6. The minimum absolute atomic E-state index is 0.0372. The molecular weight excluding hydrogens is 366 g/mol. The maximum Gasteiger partial charge on any atom is 0.335 e. The summed E-state index contributed by atoms with van der Waals surface area (Å²) in [5.41, 5.74) is 6.02. The molecule has 0 saturated carbocycles. The van der Waals surface area contributed by atoms with E-state index in [-0.39, 0.29) is 11.5 Å². The fourth-order valence-electron chi connectivity index (χ4n) is 3.92. The average Bonchev–Trinajstić information content (AvgIpc) is 3.01. The third-order valence-electron chi connectivity index (χ3n) is 5.59. The van der Waals surface area contributed by atoms with Gasteiger partial charge in [0.2, 0.25) is 5.91 Å². The molecule has 0 bridgehead atoms. The molecule has 1 amide bonds. The highest BCUT2D eigenvalue weighted by Gasteiger charge is 2.24. The summed E-state index contributed by atoms with van der Waals surface area (Å²) in [6, 6.07) is 15.0. The van der Waals surface area contributed by atoms with Crippen molar-refractivity contribution in [2.24, 2.45) is 0 Å². The molecule has 2 heterocycles. The quantitative estimate of drug-likeness (QED) is 0.743. The van der Waals surface area contributed by atoms with Crippen molar-refractivity contribution >= 4 is 11.9 Å². The Kier molecular flexibility index (Phi) is 4.92. The zero-order valence-electron chi connectivity index (χ0n) is 16.6. The molecule has 0 atom stereocenters. The summed E-state index contributed by atoms with van der Waals surface area (Å²) in [7, 11) is 0. The topological polar surface area (TPSA) is 75.4 Å². The van der Waals surface area contributed by atoms with E-state index in [1.165, 1.54) is 0 Å². The molecule has 1 aromatic heterocycles. The van der Waals surface area contributed by atoms with Gasteiger partial charge in [-0.25, -0.2) is 9.48 Å². The first kappa shape index (κ1) is 18.9. The average molecular weight is 389 g/mol. The van der Waals surface area contributed by atoms with Crippen molar-refractivity contribution < 1.29 is 14.7 Å². The molecule has 6 nitrogen and oxygen atoms in total. The van der Waals surface area contributed by atoms with Crippen LogP contribution in [0.15, 0.2) is 48.5 Å². The van der Waals surface area contributed by atoms with Crippen LogP contribution in [-0.2, 0) is 24.2 Å². The van der Waals surface area contributed by atoms with Crippen LogP contribution < -0.4 is 0 Å². The van der Waals surface area contributed by atoms with Crippen molar-refractivity contribution in [3.8, 4) is 5.69 Å². The van der Waals surface area contributed by atoms with Crippen molar-refractivity contribution in [1.29, 1.82) is 0 Å². The monoisotopic (exact) mass is 389 g/mol. The lowest BCUT2D eigenvalue weighted by molar-refractivity contribution is -0.131. The predicted octanol–water partition coefficient (Wildman–Crippen LogP) is 3.31. The summed E-state index contributed by atoms with van der Waals surface area (Å²) < 4.78 is 1.88. The number of fused-ring (bicyclic) bond motifs is 1. The van der Waals surface area contributed by atoms with E-state index in [0.29, 0.717) is 19.5 Å². The fraction of sp³-hybridized carbons (Fsp3) is 0.261. The van der Waals surface area contributed by atoms with Gasteiger partial charge >= 0.3 is 5.97 Å². The molecule has 29 heavy (non-hydrogen) atoms. The summed E-state index contributed by atoms with van der Waals surface area (Å²) in [6.45, 7) is 5.00. The lowest BCUT2D eigenvalue weighted by atomic mass is 9.97. The molecule has 0 radical (unpaired) electrons. The summed E-state index contributed by atoms with van der Waals surface area (Å²) in [5, 5.41) is 13.9. The Morgan fingerprint density at radius 3 is 2.55 bits per heavy atom. The summed E-state index contributed by atoms with van der Waals surface area (Å²) in [6.07, 6.45) is 1.03. The fourth-order valence-corrected chi connectivity index (χ4v) is 3.92. The molecular formula is C23H23N3O3. The van der Waals surface area contributed by atoms with E-state index in [4.69, 9.17) is 0 Å². The summed E-state index contributed by atoms with van der Waals surface area (Å²) in [5.74, 6) is -0.911. The van der Waals surface area contributed by atoms with Crippen LogP contribution in [0.1, 0.15) is 38.4 Å². The van der Waals surface area contributed by atoms with E-state index in [2.05, 4.69) is 5.10 Å². The number of carbonyl (C=O) groups is 2. The largest absolute Gasteiger partial charge is 0.478 e. The number of aromatic nitrogens is 2. The van der Waals surface area contributed by atoms with Crippen LogP contribution in [0.2, 0.25) is 0 Å². The molecule has 148 valence electrons. The Morgan fingerprint density at radius 2 is 1.83 bits per heavy atom. The number of hydrogen-bond donors (Lipinski definition) is 1. The number of aromatic carboxylic acids is 1. The zero-order chi connectivity index (χ0) is 20.5. The molecule has 6 heteroatoms. The minimum atomic E-state index is -0.948. The number of carbonyl (C=O) groups excluding carboxylic acids is 1. The van der Waals surface area contributed by atoms with Crippen LogP contribution in [0, 0.1) is 13.8 Å². The van der Waals surface area contributed by atoms with Gasteiger partial charge in [-0.2, -0.15) is 5.10 Å². The van der Waals surface area contributed by atoms with Crippen molar-refractivity contribution in [2.75, 3.05) is 6.54 Å². The maximum atomic E-state index is 13.0. The number of hydrogen-bond acceptors (Lipinski definition) is 3. The minimum Gasteiger partial charge on any atom is -0.478 e. The smallest absolute Gasteiger partial charge is 0.335 e. The van der Waals surface area contributed by atoms with Crippen LogP contribution in [0.5, 0.6) is 0 Å². The van der Waals surface area contributed by atoms with Gasteiger partial charge in [-0.15, -0.1) is 0 Å². The predicted molar refractivity (Wildman–Crippen MR) is 109 cm³/mol. The summed E-state index contributed by atoms with van der Waals surface area (Å²) in [4.78, 5) is 26.1. The molecule has 0 fully saturated rings. The Labute approximate surface area is 169 Å². The van der Waals surface area contributed by atoms with Gasteiger partial charge in [0.05, 0.1) is 23.4 Å². The SMILES string of the molecule is Cc1nn(-c2ccccc2)c(C)c1CC(=O)N1CCc2ccc(C(=O)O)cc2C1. The second-order valence-electron chi connectivity index (χ2n) is 7.43. The van der Waals surface area contributed by atoms with E-state index in [0.717, 1.165) is 40.2 Å². The number of para-hydroxylation sites is 1. The number of benzene rings is 2. The Bertz CT molecular complexity index is 1090. The van der Waals surface area contributed by atoms with Gasteiger partial charge in [0.25, 0.3) is 0 Å². The molecule has 0 saturated heterocycles. The van der Waals surface area contributed by atoms with Gasteiger partial charge in [0, 0.05) is 24.3 Å². The lowest BCUT2D eigenvalue weighted by Crippen LogP contribution is -2.37. The first-order valence-corrected chi connectivity index (χ1v) is 9.67. The van der Waals surface area contributed by atoms with Crippen LogP contribution in [0.3, 0.4) is 0 Å². The highest BCUT2D eigenvalue weighted by Crippen LogP contribution is 2.23. The molecule has 1 N–H and O–H groups in total. The van der Waals surface area contributed by atoms with Crippen molar-refractivity contribution in [3.63, 3.8) is 0 Å². The van der Waals surface area contributed by atoms with E-state index >= 15 is 0 Å². The third-order valence-corrected chi connectivity index (χ3v) is 5.59. The highest BCUT2D eigenvalue weighted by molar-refractivity contribution is 5.88. The molecule has 0 spiro atoms. The number of aryl methyl sites for hydroxylation is 1. The molecule has 3 aromatic rings. The van der Waals surface area contributed by atoms with Gasteiger partial charge in [0.15, 0.2) is 0 Å². The van der Waals surface area contributed by atoms with Gasteiger partial charge in [0.1, 0.15) is 0 Å². The normalized spacial score (nSPS) is 13.2. The lowest BCUT2D eigenvalue weighted by Gasteiger charge is -2.29. The Balaban J connectivity index is 1.54. The van der Waals surface area contributed by atoms with Gasteiger partial charge in [-0.1, -0.05) is 24.3 Å². The number of carboxylic acids is 1. The second-order valence-corrected chi connectivity index (χ2v) is 7.43. The highest BCUT2D eigenvalue weighted by atomic mass is 16.4.